The molecule has 0 aliphatic carbocycles. The minimum atomic E-state index is -2.72. The second kappa shape index (κ2) is 14.9. The Hall–Kier alpha value is -4.26. The molecule has 0 bridgehead atoms. The summed E-state index contributed by atoms with van der Waals surface area (Å²) < 4.78 is 75.3. The Bertz CT molecular complexity index is 2050. The first-order valence-electron chi connectivity index (χ1n) is 19.9. The number of hydrogen-bond acceptors (Lipinski definition) is 2. The van der Waals surface area contributed by atoms with Gasteiger partial charge in [-0.25, -0.2) is 0 Å². The Morgan fingerprint density at radius 3 is 1.43 bits per heavy atom. The third-order valence-electron chi connectivity index (χ3n) is 7.45. The zero-order valence-electron chi connectivity index (χ0n) is 35.9. The number of nitrogens with zero attached hydrogens (tertiary/aromatic N) is 2. The molecule has 3 aromatic carbocycles. The highest BCUT2D eigenvalue weighted by Crippen LogP contribution is 2.28. The largest absolute Gasteiger partial charge is 0.256 e. The number of pyridine rings is 2. The lowest BCUT2D eigenvalue weighted by Crippen LogP contribution is -2.16. The first-order valence-corrected chi connectivity index (χ1v) is 19.4. The molecule has 5 rings (SSSR count). The lowest BCUT2D eigenvalue weighted by atomic mass is 9.91. The van der Waals surface area contributed by atoms with Crippen molar-refractivity contribution in [3.8, 4) is 34.0 Å². The Labute approximate surface area is 289 Å². The van der Waals surface area contributed by atoms with E-state index in [0.717, 1.165) is 11.1 Å². The first kappa shape index (κ1) is 24.0. The molecule has 0 radical (unpaired) electrons. The van der Waals surface area contributed by atoms with Gasteiger partial charge in [0.1, 0.15) is 8.07 Å². The minimum Gasteiger partial charge on any atom is -0.256 e. The van der Waals surface area contributed by atoms with Gasteiger partial charge in [0.05, 0.1) is 11.4 Å². The van der Waals surface area contributed by atoms with E-state index in [1.165, 1.54) is 30.6 Å². The van der Waals surface area contributed by atoms with Crippen LogP contribution in [0.1, 0.15) is 89.4 Å². The van der Waals surface area contributed by atoms with Crippen LogP contribution < -0.4 is 0 Å². The zero-order chi connectivity index (χ0) is 39.9. The maximum atomic E-state index is 9.43. The molecule has 0 unspecified atom stereocenters. The molecular weight excluding hydrogens is 573 g/mol. The maximum absolute atomic E-state index is 9.43. The van der Waals surface area contributed by atoms with E-state index in [0.29, 0.717) is 22.5 Å². The van der Waals surface area contributed by atoms with E-state index in [4.69, 9.17) is 0 Å². The molecule has 2 aromatic heterocycles. The van der Waals surface area contributed by atoms with Crippen LogP contribution in [-0.4, -0.2) is 18.0 Å². The van der Waals surface area contributed by atoms with E-state index in [2.05, 4.69) is 41.1 Å². The van der Waals surface area contributed by atoms with E-state index < -0.39 is 33.6 Å². The van der Waals surface area contributed by atoms with Gasteiger partial charge in [-0.1, -0.05) is 120 Å². The molecule has 0 aliphatic rings. The van der Waals surface area contributed by atoms with Crippen LogP contribution in [0.2, 0.25) is 19.6 Å². The van der Waals surface area contributed by atoms with Gasteiger partial charge in [0.2, 0.25) is 0 Å². The van der Waals surface area contributed by atoms with E-state index >= 15 is 0 Å². The molecule has 3 heteroatoms. The Balaban J connectivity index is 1.68. The number of hydrogen-bond donors (Lipinski definition) is 0. The highest BCUT2D eigenvalue weighted by molar-refractivity contribution is 6.83. The second-order valence-corrected chi connectivity index (χ2v) is 17.9. The van der Waals surface area contributed by atoms with Gasteiger partial charge >= 0.3 is 0 Å². The lowest BCUT2D eigenvalue weighted by Gasteiger charge is -2.16. The molecule has 0 N–H and O–H groups in total. The summed E-state index contributed by atoms with van der Waals surface area (Å²) in [5.74, 6) is 2.78. The molecule has 0 aliphatic heterocycles. The second-order valence-electron chi connectivity index (χ2n) is 13.2. The van der Waals surface area contributed by atoms with Crippen LogP contribution in [0.3, 0.4) is 0 Å². The predicted octanol–water partition coefficient (Wildman–Crippen LogP) is 10.9. The van der Waals surface area contributed by atoms with Crippen LogP contribution in [-0.2, 0) is 25.5 Å². The molecule has 5 aromatic rings. The van der Waals surface area contributed by atoms with Gasteiger partial charge in [-0.15, -0.1) is 5.54 Å². The van der Waals surface area contributed by atoms with Crippen molar-refractivity contribution in [3.05, 3.63) is 142 Å². The summed E-state index contributed by atoms with van der Waals surface area (Å²) in [6, 6.07) is 26.9. The van der Waals surface area contributed by atoms with Crippen molar-refractivity contribution in [3.63, 3.8) is 0 Å². The number of rotatable bonds is 10. The molecule has 46 heavy (non-hydrogen) atoms. The lowest BCUT2D eigenvalue weighted by molar-refractivity contribution is 0.818. The van der Waals surface area contributed by atoms with Crippen LogP contribution in [0, 0.1) is 11.5 Å². The first-order chi connectivity index (χ1) is 25.1. The van der Waals surface area contributed by atoms with Crippen molar-refractivity contribution >= 4 is 8.07 Å². The van der Waals surface area contributed by atoms with Crippen molar-refractivity contribution < 1.29 is 11.0 Å². The maximum Gasteiger partial charge on any atom is 0.129 e. The Kier molecular flexibility index (Phi) is 7.76. The quantitative estimate of drug-likeness (QED) is 0.114. The average Bonchev–Trinajstić information content (AvgIpc) is 3.13. The summed E-state index contributed by atoms with van der Waals surface area (Å²) in [4.78, 5) is 9.14. The fourth-order valence-corrected chi connectivity index (χ4v) is 5.54. The fraction of sp³-hybridized carbons (Fsp3) is 0.302. The van der Waals surface area contributed by atoms with Gasteiger partial charge in [0.25, 0.3) is 0 Å². The van der Waals surface area contributed by atoms with Crippen molar-refractivity contribution in [1.29, 1.82) is 0 Å². The summed E-state index contributed by atoms with van der Waals surface area (Å²) in [6.45, 7) is 13.9. The summed E-state index contributed by atoms with van der Waals surface area (Å²) in [6.07, 6.45) is -7.90. The van der Waals surface area contributed by atoms with E-state index in [1.54, 1.807) is 12.1 Å². The van der Waals surface area contributed by atoms with E-state index in [-0.39, 0.29) is 39.7 Å². The van der Waals surface area contributed by atoms with Crippen molar-refractivity contribution in [2.24, 2.45) is 0 Å². The van der Waals surface area contributed by atoms with Gasteiger partial charge < -0.3 is 0 Å². The van der Waals surface area contributed by atoms with Crippen molar-refractivity contribution in [2.45, 2.75) is 84.7 Å². The molecule has 0 spiro atoms. The van der Waals surface area contributed by atoms with Crippen LogP contribution in [0.4, 0.5) is 0 Å². The van der Waals surface area contributed by atoms with E-state index in [9.17, 15) is 11.0 Å². The standard InChI is InChI=1S/C43H48N2Si/c1-31(2)40-27-42(36-14-10-8-11-15-36)44-29-38(40)20-18-33-24-34(26-35(25-33)22-23-46(5,6)7)19-21-39-30-45-43(28-41(39)32(3)4)37-16-12-9-13-17-37/h8-17,24-32H,18-21H2,1-7H3/i18D2,19D2,20D2,21D2. The SMILES string of the molecule is [2H]C([2H])(c1cc(C#C[Si](C)(C)C)cc(C([2H])([2H])C([2H])([2H])c2cnc(-c3ccccc3)cc2C(C)C)c1)C([2H])([2H])c1cnc(-c2ccccc2)cc1C(C)C. The van der Waals surface area contributed by atoms with Gasteiger partial charge in [-0.3, -0.25) is 9.97 Å². The summed E-state index contributed by atoms with van der Waals surface area (Å²) in [7, 11) is -1.97. The highest BCUT2D eigenvalue weighted by atomic mass is 28.3. The minimum absolute atomic E-state index is 0.0896. The molecule has 0 atom stereocenters. The average molecular weight is 629 g/mol. The fourth-order valence-electron chi connectivity index (χ4n) is 5.02. The Morgan fingerprint density at radius 1 is 0.609 bits per heavy atom. The third kappa shape index (κ3) is 8.92. The van der Waals surface area contributed by atoms with Crippen LogP contribution >= 0.6 is 0 Å². The normalized spacial score (nSPS) is 15.3. The number of aromatic nitrogens is 2. The molecule has 234 valence electrons. The molecule has 0 fully saturated rings. The third-order valence-corrected chi connectivity index (χ3v) is 8.33. The van der Waals surface area contributed by atoms with Crippen molar-refractivity contribution in [2.75, 3.05) is 0 Å². The van der Waals surface area contributed by atoms with Crippen LogP contribution in [0.5, 0.6) is 0 Å². The highest BCUT2D eigenvalue weighted by Gasteiger charge is 2.14. The van der Waals surface area contributed by atoms with E-state index in [1.807, 2.05) is 88.4 Å². The molecule has 0 saturated carbocycles. The molecule has 2 nitrogen and oxygen atoms in total. The molecule has 2 heterocycles. The summed E-state index contributed by atoms with van der Waals surface area (Å²) >= 11 is 0. The van der Waals surface area contributed by atoms with Gasteiger partial charge in [-0.2, -0.15) is 0 Å². The smallest absolute Gasteiger partial charge is 0.129 e. The predicted molar refractivity (Wildman–Crippen MR) is 199 cm³/mol. The topological polar surface area (TPSA) is 25.8 Å². The monoisotopic (exact) mass is 628 g/mol. The zero-order valence-corrected chi connectivity index (χ0v) is 28.9. The van der Waals surface area contributed by atoms with Crippen molar-refractivity contribution in [1.82, 2.24) is 9.97 Å². The van der Waals surface area contributed by atoms with Crippen LogP contribution in [0.15, 0.2) is 103 Å². The summed E-state index contributed by atoms with van der Waals surface area (Å²) in [5.41, 5.74) is 7.65. The molecule has 0 amide bonds. The number of benzene rings is 3. The van der Waals surface area contributed by atoms with Gasteiger partial charge in [-0.05, 0) is 95.0 Å². The van der Waals surface area contributed by atoms with Gasteiger partial charge in [0, 0.05) is 40.1 Å². The molecule has 0 saturated heterocycles. The van der Waals surface area contributed by atoms with Crippen LogP contribution in [0.25, 0.3) is 22.5 Å². The summed E-state index contributed by atoms with van der Waals surface area (Å²) in [5, 5.41) is 0. The van der Waals surface area contributed by atoms with Gasteiger partial charge in [0.15, 0.2) is 0 Å². The number of aryl methyl sites for hydroxylation is 4. The molecular formula is C43H48N2Si. The Morgan fingerprint density at radius 2 is 1.04 bits per heavy atom.